The van der Waals surface area contributed by atoms with Crippen LogP contribution in [0.2, 0.25) is 0 Å². The van der Waals surface area contributed by atoms with E-state index in [2.05, 4.69) is 34.6 Å². The summed E-state index contributed by atoms with van der Waals surface area (Å²) in [5.74, 6) is -1.42. The summed E-state index contributed by atoms with van der Waals surface area (Å²) < 4.78 is 68.1. The molecule has 0 saturated heterocycles. The van der Waals surface area contributed by atoms with Crippen LogP contribution in [0.15, 0.2) is 0 Å². The zero-order chi connectivity index (χ0) is 62.8. The first-order chi connectivity index (χ1) is 41.0. The van der Waals surface area contributed by atoms with E-state index in [0.717, 1.165) is 96.3 Å². The van der Waals surface area contributed by atoms with E-state index in [1.165, 1.54) is 154 Å². The lowest BCUT2D eigenvalue weighted by Crippen LogP contribution is -2.30. The summed E-state index contributed by atoms with van der Waals surface area (Å²) in [6.07, 6.45) is 44.3. The number of hydrogen-bond donors (Lipinski definition) is 3. The molecular weight excluding hydrogens is 1130 g/mol. The fraction of sp³-hybridized carbons (Fsp3) is 0.939. The van der Waals surface area contributed by atoms with E-state index >= 15 is 0 Å². The molecule has 17 nitrogen and oxygen atoms in total. The Labute approximate surface area is 517 Å². The van der Waals surface area contributed by atoms with Gasteiger partial charge in [-0.1, -0.05) is 285 Å². The Balaban J connectivity index is 5.24. The zero-order valence-electron chi connectivity index (χ0n) is 54.7. The van der Waals surface area contributed by atoms with Crippen molar-refractivity contribution in [3.63, 3.8) is 0 Å². The van der Waals surface area contributed by atoms with Crippen molar-refractivity contribution in [2.45, 2.75) is 355 Å². The Morgan fingerprint density at radius 3 is 0.800 bits per heavy atom. The van der Waals surface area contributed by atoms with Gasteiger partial charge in [0, 0.05) is 25.7 Å². The number of phosphoric ester groups is 2. The third kappa shape index (κ3) is 60.7. The summed E-state index contributed by atoms with van der Waals surface area (Å²) in [5.41, 5.74) is 0. The van der Waals surface area contributed by atoms with Crippen molar-refractivity contribution < 1.29 is 80.2 Å². The summed E-state index contributed by atoms with van der Waals surface area (Å²) >= 11 is 0. The molecule has 0 aliphatic heterocycles. The molecule has 504 valence electrons. The van der Waals surface area contributed by atoms with Gasteiger partial charge in [-0.25, -0.2) is 9.13 Å². The number of aliphatic hydroxyl groups is 1. The summed E-state index contributed by atoms with van der Waals surface area (Å²) in [6, 6.07) is 0. The number of carbonyl (C=O) groups is 4. The van der Waals surface area contributed by atoms with Gasteiger partial charge in [0.2, 0.25) is 0 Å². The van der Waals surface area contributed by atoms with E-state index in [0.29, 0.717) is 31.6 Å². The molecule has 0 amide bonds. The molecule has 19 heteroatoms. The average Bonchev–Trinajstić information content (AvgIpc) is 3.61. The lowest BCUT2D eigenvalue weighted by atomic mass is 10.0. The molecule has 0 aromatic rings. The van der Waals surface area contributed by atoms with Crippen LogP contribution in [0.25, 0.3) is 0 Å². The SMILES string of the molecule is CCCCCCCCCCCCCCCC(=O)O[C@H](COC(=O)CCCCCCCCCCCCC)COP(=O)(O)OC[C@@H](O)COP(=O)(O)OC[C@@H](COC(=O)CCCCCCCCCC(C)C)OC(=O)CCCCCCCCCCCCC. The Kier molecular flexibility index (Phi) is 58.3. The molecule has 0 aromatic heterocycles. The number of carbonyl (C=O) groups excluding carboxylic acids is 4. The van der Waals surface area contributed by atoms with E-state index in [4.69, 9.17) is 37.0 Å². The predicted molar refractivity (Wildman–Crippen MR) is 340 cm³/mol. The highest BCUT2D eigenvalue weighted by Crippen LogP contribution is 2.45. The van der Waals surface area contributed by atoms with Gasteiger partial charge in [0.25, 0.3) is 0 Å². The zero-order valence-corrected chi connectivity index (χ0v) is 56.5. The highest BCUT2D eigenvalue weighted by molar-refractivity contribution is 7.47. The van der Waals surface area contributed by atoms with Gasteiger partial charge < -0.3 is 33.8 Å². The molecule has 0 aliphatic carbocycles. The fourth-order valence-electron chi connectivity index (χ4n) is 9.94. The van der Waals surface area contributed by atoms with Gasteiger partial charge in [0.15, 0.2) is 12.2 Å². The quantitative estimate of drug-likeness (QED) is 0.0222. The highest BCUT2D eigenvalue weighted by Gasteiger charge is 2.30. The van der Waals surface area contributed by atoms with E-state index in [-0.39, 0.29) is 25.7 Å². The van der Waals surface area contributed by atoms with Crippen LogP contribution < -0.4 is 0 Å². The van der Waals surface area contributed by atoms with E-state index in [1.807, 2.05) is 0 Å². The standard InChI is InChI=1S/C66H128O17P2/c1-6-9-12-15-18-21-24-25-28-31-36-42-47-52-66(71)82-61(55-76-63(68)49-44-39-34-29-26-22-19-16-13-10-7-2)57-80-84(72,73)78-53-60(67)54-79-85(74,75)81-58-62(56-77-64(69)50-45-40-37-32-33-38-43-48-59(4)5)83-65(70)51-46-41-35-30-27-23-20-17-14-11-8-3/h59-62,67H,6-58H2,1-5H3,(H,72,73)(H,74,75)/t60-,61-,62-/m1/s1. The Bertz CT molecular complexity index is 1650. The second kappa shape index (κ2) is 59.7. The molecule has 0 radical (unpaired) electrons. The minimum Gasteiger partial charge on any atom is -0.462 e. The van der Waals surface area contributed by atoms with Crippen LogP contribution in [0.1, 0.15) is 336 Å². The molecule has 0 spiro atoms. The minimum atomic E-state index is -4.94. The van der Waals surface area contributed by atoms with Gasteiger partial charge in [0.1, 0.15) is 19.3 Å². The van der Waals surface area contributed by atoms with Gasteiger partial charge in [-0.05, 0) is 31.6 Å². The van der Waals surface area contributed by atoms with Crippen molar-refractivity contribution in [3.05, 3.63) is 0 Å². The van der Waals surface area contributed by atoms with Crippen LogP contribution in [0, 0.1) is 5.92 Å². The number of unbranched alkanes of at least 4 members (excludes halogenated alkanes) is 38. The maximum atomic E-state index is 13.0. The van der Waals surface area contributed by atoms with Gasteiger partial charge in [0.05, 0.1) is 26.4 Å². The summed E-state index contributed by atoms with van der Waals surface area (Å²) in [5, 5.41) is 10.6. The topological polar surface area (TPSA) is 237 Å². The van der Waals surface area contributed by atoms with Crippen LogP contribution in [-0.4, -0.2) is 96.7 Å². The Hall–Kier alpha value is -1.94. The number of hydrogen-bond acceptors (Lipinski definition) is 15. The monoisotopic (exact) mass is 1250 g/mol. The number of aliphatic hydroxyl groups excluding tert-OH is 1. The molecule has 0 fully saturated rings. The molecule has 0 saturated carbocycles. The van der Waals surface area contributed by atoms with Crippen LogP contribution >= 0.6 is 15.6 Å². The second-order valence-corrected chi connectivity index (χ2v) is 27.2. The Morgan fingerprint density at radius 2 is 0.541 bits per heavy atom. The molecular formula is C66H128O17P2. The van der Waals surface area contributed by atoms with Crippen molar-refractivity contribution in [1.29, 1.82) is 0 Å². The number of esters is 4. The average molecular weight is 1260 g/mol. The maximum Gasteiger partial charge on any atom is 0.472 e. The molecule has 2 unspecified atom stereocenters. The third-order valence-corrected chi connectivity index (χ3v) is 17.2. The summed E-state index contributed by atoms with van der Waals surface area (Å²) in [7, 11) is -9.89. The first-order valence-corrected chi connectivity index (χ1v) is 37.6. The Morgan fingerprint density at radius 1 is 0.318 bits per heavy atom. The largest absolute Gasteiger partial charge is 0.472 e. The van der Waals surface area contributed by atoms with E-state index in [1.54, 1.807) is 0 Å². The molecule has 3 N–H and O–H groups in total. The van der Waals surface area contributed by atoms with Crippen LogP contribution in [-0.2, 0) is 65.4 Å². The fourth-order valence-corrected chi connectivity index (χ4v) is 11.5. The van der Waals surface area contributed by atoms with Crippen molar-refractivity contribution >= 4 is 39.5 Å². The summed E-state index contributed by atoms with van der Waals surface area (Å²) in [4.78, 5) is 72.3. The van der Waals surface area contributed by atoms with Gasteiger partial charge >= 0.3 is 39.5 Å². The maximum absolute atomic E-state index is 13.0. The van der Waals surface area contributed by atoms with Crippen LogP contribution in [0.4, 0.5) is 0 Å². The molecule has 0 aromatic carbocycles. The second-order valence-electron chi connectivity index (χ2n) is 24.3. The minimum absolute atomic E-state index is 0.106. The first-order valence-electron chi connectivity index (χ1n) is 34.6. The first kappa shape index (κ1) is 83.1. The van der Waals surface area contributed by atoms with E-state index in [9.17, 15) is 43.2 Å². The molecule has 5 atom stereocenters. The lowest BCUT2D eigenvalue weighted by Gasteiger charge is -2.21. The highest BCUT2D eigenvalue weighted by atomic mass is 31.2. The smallest absolute Gasteiger partial charge is 0.462 e. The number of rotatable bonds is 66. The third-order valence-electron chi connectivity index (χ3n) is 15.3. The van der Waals surface area contributed by atoms with Crippen molar-refractivity contribution in [3.8, 4) is 0 Å². The number of ether oxygens (including phenoxy) is 4. The van der Waals surface area contributed by atoms with Crippen LogP contribution in [0.5, 0.6) is 0 Å². The molecule has 0 heterocycles. The molecule has 0 bridgehead atoms. The molecule has 85 heavy (non-hydrogen) atoms. The summed E-state index contributed by atoms with van der Waals surface area (Å²) in [6.45, 7) is 7.16. The van der Waals surface area contributed by atoms with Crippen molar-refractivity contribution in [2.75, 3.05) is 39.6 Å². The lowest BCUT2D eigenvalue weighted by molar-refractivity contribution is -0.161. The predicted octanol–water partition coefficient (Wildman–Crippen LogP) is 18.6. The van der Waals surface area contributed by atoms with E-state index < -0.39 is 97.5 Å². The molecule has 0 rings (SSSR count). The van der Waals surface area contributed by atoms with Crippen molar-refractivity contribution in [1.82, 2.24) is 0 Å². The van der Waals surface area contributed by atoms with Gasteiger partial charge in [-0.2, -0.15) is 0 Å². The van der Waals surface area contributed by atoms with Crippen molar-refractivity contribution in [2.24, 2.45) is 5.92 Å². The van der Waals surface area contributed by atoms with Gasteiger partial charge in [-0.15, -0.1) is 0 Å². The molecule has 0 aliphatic rings. The number of phosphoric acid groups is 2. The van der Waals surface area contributed by atoms with Gasteiger partial charge in [-0.3, -0.25) is 37.3 Å². The normalized spacial score (nSPS) is 14.2. The van der Waals surface area contributed by atoms with Crippen LogP contribution in [0.3, 0.4) is 0 Å².